The number of hydrogen-bond acceptors (Lipinski definition) is 1. The summed E-state index contributed by atoms with van der Waals surface area (Å²) >= 11 is 0. The summed E-state index contributed by atoms with van der Waals surface area (Å²) in [6.07, 6.45) is 2.81. The van der Waals surface area contributed by atoms with Gasteiger partial charge in [0.2, 0.25) is 0 Å². The lowest BCUT2D eigenvalue weighted by molar-refractivity contribution is -0.136. The topological polar surface area (TPSA) is 37.3 Å². The molecule has 1 N–H and O–H groups in total. The number of carboxylic acids is 1. The highest BCUT2D eigenvalue weighted by Gasteiger charge is 2.01. The SMILES string of the molecule is O=C(O)CCc1cccc(CCc2ccccc2)c1. The van der Waals surface area contributed by atoms with Crippen LogP contribution in [0.5, 0.6) is 0 Å². The number of aryl methyl sites for hydroxylation is 3. The molecule has 0 amide bonds. The van der Waals surface area contributed by atoms with E-state index in [1.165, 1.54) is 11.1 Å². The molecule has 0 bridgehead atoms. The van der Waals surface area contributed by atoms with Gasteiger partial charge in [-0.3, -0.25) is 4.79 Å². The number of benzene rings is 2. The quantitative estimate of drug-likeness (QED) is 0.856. The zero-order valence-corrected chi connectivity index (χ0v) is 10.9. The molecule has 0 fully saturated rings. The number of hydrogen-bond donors (Lipinski definition) is 1. The van der Waals surface area contributed by atoms with Crippen LogP contribution in [0.2, 0.25) is 0 Å². The van der Waals surface area contributed by atoms with Gasteiger partial charge in [-0.15, -0.1) is 0 Å². The minimum Gasteiger partial charge on any atom is -0.481 e. The first-order valence-electron chi connectivity index (χ1n) is 6.57. The van der Waals surface area contributed by atoms with Crippen LogP contribution in [0.15, 0.2) is 54.6 Å². The van der Waals surface area contributed by atoms with Crippen molar-refractivity contribution in [2.45, 2.75) is 25.7 Å². The molecule has 0 saturated carbocycles. The van der Waals surface area contributed by atoms with Crippen LogP contribution in [0.25, 0.3) is 0 Å². The first-order chi connectivity index (χ1) is 9.24. The second-order valence-corrected chi connectivity index (χ2v) is 4.70. The van der Waals surface area contributed by atoms with Crippen LogP contribution in [-0.2, 0) is 24.1 Å². The predicted molar refractivity (Wildman–Crippen MR) is 76.2 cm³/mol. The molecule has 2 aromatic rings. The largest absolute Gasteiger partial charge is 0.481 e. The molecule has 2 heteroatoms. The molecule has 0 saturated heterocycles. The van der Waals surface area contributed by atoms with Crippen LogP contribution in [0, 0.1) is 0 Å². The second-order valence-electron chi connectivity index (χ2n) is 4.70. The zero-order chi connectivity index (χ0) is 13.5. The summed E-state index contributed by atoms with van der Waals surface area (Å²) in [5.41, 5.74) is 3.71. The van der Waals surface area contributed by atoms with E-state index in [2.05, 4.69) is 36.4 Å². The van der Waals surface area contributed by atoms with Gasteiger partial charge in [-0.25, -0.2) is 0 Å². The Balaban J connectivity index is 1.93. The third kappa shape index (κ3) is 4.59. The highest BCUT2D eigenvalue weighted by molar-refractivity contribution is 5.67. The monoisotopic (exact) mass is 254 g/mol. The Labute approximate surface area is 113 Å². The Morgan fingerprint density at radius 2 is 1.37 bits per heavy atom. The van der Waals surface area contributed by atoms with E-state index in [4.69, 9.17) is 5.11 Å². The Morgan fingerprint density at radius 1 is 0.789 bits per heavy atom. The smallest absolute Gasteiger partial charge is 0.303 e. The summed E-state index contributed by atoms with van der Waals surface area (Å²) in [6.45, 7) is 0. The van der Waals surface area contributed by atoms with E-state index in [9.17, 15) is 4.79 Å². The molecule has 0 spiro atoms. The number of aliphatic carboxylic acids is 1. The van der Waals surface area contributed by atoms with Gasteiger partial charge in [0, 0.05) is 6.42 Å². The van der Waals surface area contributed by atoms with Gasteiger partial charge < -0.3 is 5.11 Å². The highest BCUT2D eigenvalue weighted by Crippen LogP contribution is 2.11. The zero-order valence-electron chi connectivity index (χ0n) is 10.9. The Hall–Kier alpha value is -2.09. The summed E-state index contributed by atoms with van der Waals surface area (Å²) in [5.74, 6) is -0.741. The number of rotatable bonds is 6. The minimum atomic E-state index is -0.741. The summed E-state index contributed by atoms with van der Waals surface area (Å²) < 4.78 is 0. The number of carboxylic acid groups (broad SMARTS) is 1. The van der Waals surface area contributed by atoms with Crippen LogP contribution in [0.1, 0.15) is 23.1 Å². The molecule has 0 unspecified atom stereocenters. The van der Waals surface area contributed by atoms with Crippen molar-refractivity contribution in [1.29, 1.82) is 0 Å². The van der Waals surface area contributed by atoms with Crippen molar-refractivity contribution < 1.29 is 9.90 Å². The van der Waals surface area contributed by atoms with Crippen molar-refractivity contribution >= 4 is 5.97 Å². The van der Waals surface area contributed by atoms with Gasteiger partial charge in [0.1, 0.15) is 0 Å². The summed E-state index contributed by atoms with van der Waals surface area (Å²) in [7, 11) is 0. The average Bonchev–Trinajstić information content (AvgIpc) is 2.44. The molecule has 0 radical (unpaired) electrons. The maximum absolute atomic E-state index is 10.6. The summed E-state index contributed by atoms with van der Waals surface area (Å²) in [4.78, 5) is 10.6. The fourth-order valence-electron chi connectivity index (χ4n) is 2.13. The molecule has 2 aromatic carbocycles. The molecule has 0 aromatic heterocycles. The third-order valence-corrected chi connectivity index (χ3v) is 3.16. The fourth-order valence-corrected chi connectivity index (χ4v) is 2.13. The van der Waals surface area contributed by atoms with Gasteiger partial charge in [0.05, 0.1) is 0 Å². The van der Waals surface area contributed by atoms with Gasteiger partial charge in [0.25, 0.3) is 0 Å². The van der Waals surface area contributed by atoms with Gasteiger partial charge >= 0.3 is 5.97 Å². The number of carbonyl (C=O) groups is 1. The Kier molecular flexibility index (Phi) is 4.73. The van der Waals surface area contributed by atoms with E-state index in [0.29, 0.717) is 6.42 Å². The molecule has 0 aliphatic rings. The highest BCUT2D eigenvalue weighted by atomic mass is 16.4. The van der Waals surface area contributed by atoms with Crippen molar-refractivity contribution in [2.24, 2.45) is 0 Å². The van der Waals surface area contributed by atoms with E-state index < -0.39 is 5.97 Å². The van der Waals surface area contributed by atoms with E-state index in [-0.39, 0.29) is 6.42 Å². The van der Waals surface area contributed by atoms with Crippen molar-refractivity contribution in [3.63, 3.8) is 0 Å². The molecule has 0 aliphatic carbocycles. The van der Waals surface area contributed by atoms with Crippen LogP contribution in [-0.4, -0.2) is 11.1 Å². The lowest BCUT2D eigenvalue weighted by Gasteiger charge is -2.05. The van der Waals surface area contributed by atoms with Crippen LogP contribution >= 0.6 is 0 Å². The Morgan fingerprint density at radius 3 is 2.05 bits per heavy atom. The molecular weight excluding hydrogens is 236 g/mol. The maximum atomic E-state index is 10.6. The average molecular weight is 254 g/mol. The first-order valence-corrected chi connectivity index (χ1v) is 6.57. The second kappa shape index (κ2) is 6.74. The van der Waals surface area contributed by atoms with Crippen molar-refractivity contribution in [3.8, 4) is 0 Å². The standard InChI is InChI=1S/C17H18O2/c18-17(19)12-11-16-8-4-7-15(13-16)10-9-14-5-2-1-3-6-14/h1-8,13H,9-12H2,(H,18,19). The predicted octanol–water partition coefficient (Wildman–Crippen LogP) is 3.49. The summed E-state index contributed by atoms with van der Waals surface area (Å²) in [6, 6.07) is 18.6. The van der Waals surface area contributed by atoms with Crippen LogP contribution in [0.4, 0.5) is 0 Å². The van der Waals surface area contributed by atoms with Crippen LogP contribution < -0.4 is 0 Å². The van der Waals surface area contributed by atoms with E-state index in [1.54, 1.807) is 0 Å². The minimum absolute atomic E-state index is 0.197. The molecular formula is C17H18O2. The van der Waals surface area contributed by atoms with Crippen molar-refractivity contribution in [3.05, 3.63) is 71.3 Å². The van der Waals surface area contributed by atoms with E-state index in [0.717, 1.165) is 18.4 Å². The molecule has 2 rings (SSSR count). The van der Waals surface area contributed by atoms with E-state index in [1.807, 2.05) is 18.2 Å². The third-order valence-electron chi connectivity index (χ3n) is 3.16. The summed E-state index contributed by atoms with van der Waals surface area (Å²) in [5, 5.41) is 8.70. The first kappa shape index (κ1) is 13.3. The molecule has 19 heavy (non-hydrogen) atoms. The lowest BCUT2D eigenvalue weighted by Crippen LogP contribution is -1.98. The molecule has 98 valence electrons. The molecule has 2 nitrogen and oxygen atoms in total. The maximum Gasteiger partial charge on any atom is 0.303 e. The van der Waals surface area contributed by atoms with Gasteiger partial charge in [-0.2, -0.15) is 0 Å². The Bertz CT molecular complexity index is 532. The van der Waals surface area contributed by atoms with Crippen LogP contribution in [0.3, 0.4) is 0 Å². The van der Waals surface area contributed by atoms with E-state index >= 15 is 0 Å². The lowest BCUT2D eigenvalue weighted by atomic mass is 10.0. The molecule has 0 atom stereocenters. The van der Waals surface area contributed by atoms with Gasteiger partial charge in [0.15, 0.2) is 0 Å². The van der Waals surface area contributed by atoms with Gasteiger partial charge in [-0.05, 0) is 36.0 Å². The molecule has 0 aliphatic heterocycles. The van der Waals surface area contributed by atoms with Crippen molar-refractivity contribution in [1.82, 2.24) is 0 Å². The normalized spacial score (nSPS) is 10.3. The fraction of sp³-hybridized carbons (Fsp3) is 0.235. The van der Waals surface area contributed by atoms with Gasteiger partial charge in [-0.1, -0.05) is 54.6 Å². The molecule has 0 heterocycles. The van der Waals surface area contributed by atoms with Crippen molar-refractivity contribution in [2.75, 3.05) is 0 Å².